The first-order valence-corrected chi connectivity index (χ1v) is 9.56. The number of benzene rings is 3. The number of aryl methyl sites for hydroxylation is 1. The molecule has 3 aromatic carbocycles. The summed E-state index contributed by atoms with van der Waals surface area (Å²) in [4.78, 5) is 11.3. The van der Waals surface area contributed by atoms with E-state index in [-0.39, 0.29) is 6.04 Å². The van der Waals surface area contributed by atoms with Crippen molar-refractivity contribution in [1.29, 1.82) is 5.26 Å². The van der Waals surface area contributed by atoms with Crippen molar-refractivity contribution in [3.8, 4) is 23.1 Å². The average Bonchev–Trinajstić information content (AvgIpc) is 3.11. The molecular weight excluding hydrogens is 358 g/mol. The van der Waals surface area contributed by atoms with Crippen LogP contribution in [0, 0.1) is 18.3 Å². The minimum absolute atomic E-state index is 0.0617. The van der Waals surface area contributed by atoms with Crippen LogP contribution in [0.1, 0.15) is 28.3 Å². The lowest BCUT2D eigenvalue weighted by atomic mass is 9.92. The summed E-state index contributed by atoms with van der Waals surface area (Å²) in [6.45, 7) is 2.09. The van der Waals surface area contributed by atoms with E-state index in [4.69, 9.17) is 15.1 Å². The van der Waals surface area contributed by atoms with Crippen molar-refractivity contribution in [1.82, 2.24) is 10.0 Å². The predicted molar refractivity (Wildman–Crippen MR) is 113 cm³/mol. The van der Waals surface area contributed by atoms with Crippen molar-refractivity contribution in [2.45, 2.75) is 13.0 Å². The Morgan fingerprint density at radius 2 is 1.69 bits per heavy atom. The summed E-state index contributed by atoms with van der Waals surface area (Å²) >= 11 is 0. The number of hydrogen-bond donors (Lipinski definition) is 0. The molecule has 0 saturated carbocycles. The Labute approximate surface area is 169 Å². The first kappa shape index (κ1) is 17.4. The van der Waals surface area contributed by atoms with Crippen LogP contribution in [0.25, 0.3) is 22.2 Å². The molecule has 29 heavy (non-hydrogen) atoms. The predicted octanol–water partition coefficient (Wildman–Crippen LogP) is 5.41. The summed E-state index contributed by atoms with van der Waals surface area (Å²) in [6.07, 6.45) is 0. The van der Waals surface area contributed by atoms with Crippen LogP contribution in [0.5, 0.6) is 5.75 Å². The molecule has 0 amide bonds. The molecule has 0 radical (unpaired) electrons. The van der Waals surface area contributed by atoms with E-state index in [0.29, 0.717) is 5.56 Å². The zero-order chi connectivity index (χ0) is 20.0. The van der Waals surface area contributed by atoms with Gasteiger partial charge in [0.15, 0.2) is 5.75 Å². The van der Waals surface area contributed by atoms with Crippen LogP contribution in [0.3, 0.4) is 0 Å². The molecule has 2 heterocycles. The lowest BCUT2D eigenvalue weighted by molar-refractivity contribution is -0.0302. The number of hydroxylamine groups is 2. The van der Waals surface area contributed by atoms with Crippen LogP contribution in [0.4, 0.5) is 0 Å². The molecule has 4 aromatic rings. The maximum atomic E-state index is 9.15. The van der Waals surface area contributed by atoms with Crippen molar-refractivity contribution < 1.29 is 4.84 Å². The summed E-state index contributed by atoms with van der Waals surface area (Å²) in [5, 5.41) is 12.1. The van der Waals surface area contributed by atoms with Crippen molar-refractivity contribution in [3.05, 3.63) is 95.1 Å². The summed E-state index contributed by atoms with van der Waals surface area (Å²) in [7, 11) is 1.96. The summed E-state index contributed by atoms with van der Waals surface area (Å²) < 4.78 is 0. The Morgan fingerprint density at radius 3 is 2.41 bits per heavy atom. The molecule has 1 aliphatic heterocycles. The fraction of sp³-hybridized carbons (Fsp3) is 0.120. The van der Waals surface area contributed by atoms with Gasteiger partial charge in [0.25, 0.3) is 0 Å². The molecule has 0 N–H and O–H groups in total. The van der Waals surface area contributed by atoms with E-state index in [1.165, 1.54) is 5.56 Å². The molecule has 0 fully saturated rings. The van der Waals surface area contributed by atoms with E-state index in [9.17, 15) is 0 Å². The normalized spacial score (nSPS) is 15.7. The molecule has 1 aliphatic rings. The smallest absolute Gasteiger partial charge is 0.164 e. The number of nitrogens with zero attached hydrogens (tertiary/aromatic N) is 3. The zero-order valence-corrected chi connectivity index (χ0v) is 16.3. The van der Waals surface area contributed by atoms with E-state index in [1.807, 2.05) is 54.6 Å². The fourth-order valence-electron chi connectivity index (χ4n) is 3.97. The molecular formula is C25H19N3O. The number of hydrogen-bond acceptors (Lipinski definition) is 4. The van der Waals surface area contributed by atoms with Gasteiger partial charge >= 0.3 is 0 Å². The maximum Gasteiger partial charge on any atom is 0.164 e. The van der Waals surface area contributed by atoms with Gasteiger partial charge in [0.1, 0.15) is 6.04 Å². The van der Waals surface area contributed by atoms with Gasteiger partial charge in [-0.25, -0.2) is 4.98 Å². The Morgan fingerprint density at radius 1 is 0.966 bits per heavy atom. The van der Waals surface area contributed by atoms with Gasteiger partial charge in [-0.2, -0.15) is 5.26 Å². The minimum atomic E-state index is -0.0617. The summed E-state index contributed by atoms with van der Waals surface area (Å²) in [5.74, 6) is 0.850. The quantitative estimate of drug-likeness (QED) is 0.469. The topological polar surface area (TPSA) is 49.1 Å². The van der Waals surface area contributed by atoms with Gasteiger partial charge in [-0.1, -0.05) is 54.1 Å². The minimum Gasteiger partial charge on any atom is -0.404 e. The maximum absolute atomic E-state index is 9.15. The Bertz CT molecular complexity index is 1250. The van der Waals surface area contributed by atoms with Gasteiger partial charge in [0.2, 0.25) is 0 Å². The molecule has 0 bridgehead atoms. The molecule has 1 aromatic heterocycles. The van der Waals surface area contributed by atoms with E-state index in [2.05, 4.69) is 43.3 Å². The van der Waals surface area contributed by atoms with Crippen LogP contribution in [0.15, 0.2) is 72.8 Å². The van der Waals surface area contributed by atoms with Gasteiger partial charge in [-0.3, -0.25) is 0 Å². The standard InChI is InChI=1S/C25H19N3O/c1-16-7-11-19(12-8-16)24-22-23(18-13-9-17(15-26)10-14-18)27-21-6-4-3-5-20(21)25(22)29-28(24)2/h3-14,24H,1-2H3. The average molecular weight is 377 g/mol. The van der Waals surface area contributed by atoms with Crippen LogP contribution in [-0.2, 0) is 0 Å². The number of para-hydroxylation sites is 1. The van der Waals surface area contributed by atoms with E-state index in [1.54, 1.807) is 0 Å². The molecule has 1 unspecified atom stereocenters. The zero-order valence-electron chi connectivity index (χ0n) is 16.3. The number of pyridine rings is 1. The molecule has 1 atom stereocenters. The number of nitriles is 1. The second kappa shape index (κ2) is 6.73. The Hall–Kier alpha value is -3.68. The van der Waals surface area contributed by atoms with Crippen LogP contribution in [-0.4, -0.2) is 17.1 Å². The van der Waals surface area contributed by atoms with Gasteiger partial charge in [-0.15, -0.1) is 5.06 Å². The van der Waals surface area contributed by atoms with Crippen molar-refractivity contribution in [3.63, 3.8) is 0 Å². The Kier molecular flexibility index (Phi) is 4.04. The number of fused-ring (bicyclic) bond motifs is 3. The van der Waals surface area contributed by atoms with E-state index < -0.39 is 0 Å². The molecule has 4 heteroatoms. The van der Waals surface area contributed by atoms with Crippen LogP contribution >= 0.6 is 0 Å². The van der Waals surface area contributed by atoms with Crippen molar-refractivity contribution in [2.24, 2.45) is 0 Å². The third-order valence-electron chi connectivity index (χ3n) is 5.43. The van der Waals surface area contributed by atoms with Gasteiger partial charge < -0.3 is 4.84 Å². The highest BCUT2D eigenvalue weighted by atomic mass is 16.7. The Balaban J connectivity index is 1.79. The second-order valence-electron chi connectivity index (χ2n) is 7.36. The van der Waals surface area contributed by atoms with Gasteiger partial charge in [0.05, 0.1) is 22.8 Å². The molecule has 140 valence electrons. The monoisotopic (exact) mass is 377 g/mol. The number of aromatic nitrogens is 1. The molecule has 5 rings (SSSR count). The van der Waals surface area contributed by atoms with Gasteiger partial charge in [0, 0.05) is 23.6 Å². The van der Waals surface area contributed by atoms with Crippen molar-refractivity contribution in [2.75, 3.05) is 7.05 Å². The SMILES string of the molecule is Cc1ccc(C2c3c(-c4ccc(C#N)cc4)nc4ccccc4c3ON2C)cc1. The first-order chi connectivity index (χ1) is 14.2. The van der Waals surface area contributed by atoms with Gasteiger partial charge in [-0.05, 0) is 36.8 Å². The van der Waals surface area contributed by atoms with Crippen LogP contribution < -0.4 is 4.84 Å². The second-order valence-corrected chi connectivity index (χ2v) is 7.36. The highest BCUT2D eigenvalue weighted by Crippen LogP contribution is 2.48. The third-order valence-corrected chi connectivity index (χ3v) is 5.43. The van der Waals surface area contributed by atoms with Crippen LogP contribution in [0.2, 0.25) is 0 Å². The summed E-state index contributed by atoms with van der Waals surface area (Å²) in [6, 6.07) is 26.3. The van der Waals surface area contributed by atoms with E-state index >= 15 is 0 Å². The largest absolute Gasteiger partial charge is 0.404 e. The molecule has 4 nitrogen and oxygen atoms in total. The third kappa shape index (κ3) is 2.84. The fourth-order valence-corrected chi connectivity index (χ4v) is 3.97. The highest BCUT2D eigenvalue weighted by molar-refractivity contribution is 5.91. The highest BCUT2D eigenvalue weighted by Gasteiger charge is 2.36. The lowest BCUT2D eigenvalue weighted by Crippen LogP contribution is -2.22. The molecule has 0 saturated heterocycles. The number of rotatable bonds is 2. The lowest BCUT2D eigenvalue weighted by Gasteiger charge is -2.19. The van der Waals surface area contributed by atoms with E-state index in [0.717, 1.165) is 39.0 Å². The van der Waals surface area contributed by atoms with Crippen molar-refractivity contribution >= 4 is 10.9 Å². The molecule has 0 spiro atoms. The first-order valence-electron chi connectivity index (χ1n) is 9.56. The summed E-state index contributed by atoms with van der Waals surface area (Å²) in [5.41, 5.74) is 6.82. The molecule has 0 aliphatic carbocycles.